The van der Waals surface area contributed by atoms with E-state index in [0.29, 0.717) is 12.5 Å². The second kappa shape index (κ2) is 6.36. The number of amides is 1. The fourth-order valence-corrected chi connectivity index (χ4v) is 3.58. The predicted octanol–water partition coefficient (Wildman–Crippen LogP) is 2.05. The van der Waals surface area contributed by atoms with Gasteiger partial charge in [-0.25, -0.2) is 4.98 Å². The molecule has 4 atom stereocenters. The molecular weight excluding hydrogens is 304 g/mol. The SMILES string of the molecule is CCn1ccnc1[C@H]1OCC[C@@H]1NC(=O)[C@@H]1C[C@H]1c1cccnc1. The van der Waals surface area contributed by atoms with Gasteiger partial charge >= 0.3 is 0 Å². The largest absolute Gasteiger partial charge is 0.368 e. The quantitative estimate of drug-likeness (QED) is 0.913. The molecule has 1 N–H and O–H groups in total. The van der Waals surface area contributed by atoms with E-state index in [9.17, 15) is 4.79 Å². The molecule has 0 radical (unpaired) electrons. The lowest BCUT2D eigenvalue weighted by Crippen LogP contribution is -2.38. The number of aromatic nitrogens is 3. The van der Waals surface area contributed by atoms with E-state index in [-0.39, 0.29) is 24.0 Å². The van der Waals surface area contributed by atoms with Gasteiger partial charge < -0.3 is 14.6 Å². The number of aryl methyl sites for hydroxylation is 1. The topological polar surface area (TPSA) is 69.0 Å². The van der Waals surface area contributed by atoms with Crippen LogP contribution >= 0.6 is 0 Å². The van der Waals surface area contributed by atoms with E-state index >= 15 is 0 Å². The van der Waals surface area contributed by atoms with Crippen LogP contribution in [0.4, 0.5) is 0 Å². The molecule has 1 aliphatic heterocycles. The van der Waals surface area contributed by atoms with Crippen LogP contribution in [0.15, 0.2) is 36.9 Å². The van der Waals surface area contributed by atoms with Gasteiger partial charge in [-0.15, -0.1) is 0 Å². The summed E-state index contributed by atoms with van der Waals surface area (Å²) >= 11 is 0. The molecule has 2 aromatic heterocycles. The van der Waals surface area contributed by atoms with Gasteiger partial charge in [0.15, 0.2) is 0 Å². The van der Waals surface area contributed by atoms with Gasteiger partial charge in [-0.2, -0.15) is 0 Å². The molecule has 0 unspecified atom stereocenters. The summed E-state index contributed by atoms with van der Waals surface area (Å²) in [5.41, 5.74) is 1.15. The van der Waals surface area contributed by atoms with Gasteiger partial charge in [-0.05, 0) is 37.3 Å². The lowest BCUT2D eigenvalue weighted by Gasteiger charge is -2.20. The van der Waals surface area contributed by atoms with Crippen molar-refractivity contribution < 1.29 is 9.53 Å². The van der Waals surface area contributed by atoms with Crippen LogP contribution < -0.4 is 5.32 Å². The maximum Gasteiger partial charge on any atom is 0.224 e. The highest BCUT2D eigenvalue weighted by Gasteiger charge is 2.45. The van der Waals surface area contributed by atoms with E-state index < -0.39 is 0 Å². The molecule has 1 aliphatic carbocycles. The van der Waals surface area contributed by atoms with E-state index in [0.717, 1.165) is 30.8 Å². The maximum atomic E-state index is 12.6. The molecule has 0 aromatic carbocycles. The van der Waals surface area contributed by atoms with Crippen molar-refractivity contribution in [2.45, 2.75) is 44.4 Å². The van der Waals surface area contributed by atoms with Crippen molar-refractivity contribution in [1.29, 1.82) is 0 Å². The average molecular weight is 326 g/mol. The first-order valence-corrected chi connectivity index (χ1v) is 8.61. The molecule has 0 spiro atoms. The summed E-state index contributed by atoms with van der Waals surface area (Å²) in [4.78, 5) is 21.2. The van der Waals surface area contributed by atoms with Gasteiger partial charge in [0, 0.05) is 43.9 Å². The van der Waals surface area contributed by atoms with E-state index in [2.05, 4.69) is 26.8 Å². The number of nitrogens with one attached hydrogen (secondary N) is 1. The number of pyridine rings is 1. The number of ether oxygens (including phenoxy) is 1. The number of nitrogens with zero attached hydrogens (tertiary/aromatic N) is 3. The number of hydrogen-bond donors (Lipinski definition) is 1. The monoisotopic (exact) mass is 326 g/mol. The highest BCUT2D eigenvalue weighted by molar-refractivity contribution is 5.83. The summed E-state index contributed by atoms with van der Waals surface area (Å²) in [7, 11) is 0. The summed E-state index contributed by atoms with van der Waals surface area (Å²) in [6.45, 7) is 3.58. The first-order chi connectivity index (χ1) is 11.8. The zero-order valence-electron chi connectivity index (χ0n) is 13.8. The zero-order chi connectivity index (χ0) is 16.5. The predicted molar refractivity (Wildman–Crippen MR) is 88.2 cm³/mol. The molecule has 3 heterocycles. The van der Waals surface area contributed by atoms with Gasteiger partial charge in [0.25, 0.3) is 0 Å². The van der Waals surface area contributed by atoms with Crippen molar-refractivity contribution in [3.05, 3.63) is 48.3 Å². The van der Waals surface area contributed by atoms with Gasteiger partial charge in [-0.1, -0.05) is 6.07 Å². The third kappa shape index (κ3) is 2.82. The highest BCUT2D eigenvalue weighted by atomic mass is 16.5. The standard InChI is InChI=1S/C18H22N4O2/c1-2-22-8-7-20-17(22)16-15(5-9-24-16)21-18(23)14-10-13(14)12-4-3-6-19-11-12/h3-4,6-8,11,13-16H,2,5,9-10H2,1H3,(H,21,23)/t13-,14+,15-,16-/m0/s1. The Morgan fingerprint density at radius 1 is 1.46 bits per heavy atom. The summed E-state index contributed by atoms with van der Waals surface area (Å²) in [5, 5.41) is 3.19. The number of imidazole rings is 1. The van der Waals surface area contributed by atoms with Crippen LogP contribution in [0.1, 0.15) is 43.2 Å². The van der Waals surface area contributed by atoms with Gasteiger partial charge in [0.05, 0.1) is 6.04 Å². The molecule has 2 fully saturated rings. The zero-order valence-corrected chi connectivity index (χ0v) is 13.8. The second-order valence-electron chi connectivity index (χ2n) is 6.50. The van der Waals surface area contributed by atoms with Crippen LogP contribution in [0, 0.1) is 5.92 Å². The molecule has 1 amide bonds. The van der Waals surface area contributed by atoms with E-state index in [1.54, 1.807) is 12.4 Å². The van der Waals surface area contributed by atoms with E-state index in [1.807, 2.05) is 24.5 Å². The maximum absolute atomic E-state index is 12.6. The third-order valence-corrected chi connectivity index (χ3v) is 5.00. The smallest absolute Gasteiger partial charge is 0.224 e. The fourth-order valence-electron chi connectivity index (χ4n) is 3.58. The molecule has 4 rings (SSSR count). The normalized spacial score (nSPS) is 28.7. The molecule has 1 saturated carbocycles. The Labute approximate surface area is 141 Å². The van der Waals surface area contributed by atoms with Crippen molar-refractivity contribution in [3.63, 3.8) is 0 Å². The molecule has 1 saturated heterocycles. The van der Waals surface area contributed by atoms with Crippen molar-refractivity contribution in [2.75, 3.05) is 6.61 Å². The van der Waals surface area contributed by atoms with E-state index in [4.69, 9.17) is 4.74 Å². The summed E-state index contributed by atoms with van der Waals surface area (Å²) < 4.78 is 7.93. The first kappa shape index (κ1) is 15.3. The van der Waals surface area contributed by atoms with E-state index in [1.165, 1.54) is 0 Å². The highest BCUT2D eigenvalue weighted by Crippen LogP contribution is 2.47. The Morgan fingerprint density at radius 3 is 3.17 bits per heavy atom. The van der Waals surface area contributed by atoms with Crippen LogP contribution in [-0.4, -0.2) is 33.1 Å². The number of hydrogen-bond acceptors (Lipinski definition) is 4. The second-order valence-corrected chi connectivity index (χ2v) is 6.50. The van der Waals surface area contributed by atoms with Crippen LogP contribution in [0.5, 0.6) is 0 Å². The molecular formula is C18H22N4O2. The Bertz CT molecular complexity index is 715. The van der Waals surface area contributed by atoms with Crippen LogP contribution in [0.2, 0.25) is 0 Å². The molecule has 126 valence electrons. The summed E-state index contributed by atoms with van der Waals surface area (Å²) in [6.07, 6.45) is 8.94. The van der Waals surface area contributed by atoms with Crippen molar-refractivity contribution in [2.24, 2.45) is 5.92 Å². The lowest BCUT2D eigenvalue weighted by atomic mass is 10.1. The summed E-state index contributed by atoms with van der Waals surface area (Å²) in [5.74, 6) is 1.39. The van der Waals surface area contributed by atoms with Crippen molar-refractivity contribution >= 4 is 5.91 Å². The lowest BCUT2D eigenvalue weighted by molar-refractivity contribution is -0.123. The molecule has 0 bridgehead atoms. The van der Waals surface area contributed by atoms with Gasteiger partial charge in [0.1, 0.15) is 11.9 Å². The minimum atomic E-state index is -0.153. The van der Waals surface area contributed by atoms with Gasteiger partial charge in [0.2, 0.25) is 5.91 Å². The minimum absolute atomic E-state index is 0.000323. The fraction of sp³-hybridized carbons (Fsp3) is 0.500. The molecule has 2 aromatic rings. The summed E-state index contributed by atoms with van der Waals surface area (Å²) in [6, 6.07) is 3.97. The third-order valence-electron chi connectivity index (χ3n) is 5.00. The van der Waals surface area contributed by atoms with Crippen LogP contribution in [0.3, 0.4) is 0 Å². The molecule has 24 heavy (non-hydrogen) atoms. The number of carbonyl (C=O) groups is 1. The van der Waals surface area contributed by atoms with Crippen LogP contribution in [-0.2, 0) is 16.1 Å². The minimum Gasteiger partial charge on any atom is -0.368 e. The van der Waals surface area contributed by atoms with Crippen molar-refractivity contribution in [3.8, 4) is 0 Å². The number of carbonyl (C=O) groups excluding carboxylic acids is 1. The number of rotatable bonds is 5. The molecule has 6 heteroatoms. The Hall–Kier alpha value is -2.21. The Morgan fingerprint density at radius 2 is 2.38 bits per heavy atom. The van der Waals surface area contributed by atoms with Crippen LogP contribution in [0.25, 0.3) is 0 Å². The van der Waals surface area contributed by atoms with Crippen molar-refractivity contribution in [1.82, 2.24) is 19.9 Å². The Kier molecular flexibility index (Phi) is 4.06. The Balaban J connectivity index is 1.41. The average Bonchev–Trinajstić information content (AvgIpc) is 3.06. The first-order valence-electron chi connectivity index (χ1n) is 8.61. The molecule has 6 nitrogen and oxygen atoms in total. The van der Waals surface area contributed by atoms with Gasteiger partial charge in [-0.3, -0.25) is 9.78 Å². The molecule has 2 aliphatic rings.